The van der Waals surface area contributed by atoms with Gasteiger partial charge in [-0.3, -0.25) is 9.59 Å². The molecule has 0 aromatic heterocycles. The van der Waals surface area contributed by atoms with Crippen molar-refractivity contribution in [3.05, 3.63) is 72.8 Å². The summed E-state index contributed by atoms with van der Waals surface area (Å²) in [6.45, 7) is 17.4. The third-order valence-electron chi connectivity index (χ3n) is 11.2. The van der Waals surface area contributed by atoms with Gasteiger partial charge in [0.15, 0.2) is 0 Å². The number of carbonyl (C=O) groups excluding carboxylic acids is 5. The number of alkyl carbamates (subject to hydrolysis) is 3. The molecule has 73 heavy (non-hydrogen) atoms. The number of alkyl halides is 1. The van der Waals surface area contributed by atoms with Gasteiger partial charge in [-0.05, 0) is 136 Å². The fourth-order valence-electron chi connectivity index (χ4n) is 7.34. The summed E-state index contributed by atoms with van der Waals surface area (Å²) in [6.07, 6.45) is 3.32. The average Bonchev–Trinajstić information content (AvgIpc) is 4.22. The lowest BCUT2D eigenvalue weighted by Crippen LogP contribution is -2.53. The number of rotatable bonds is 10. The number of carboxylic acids is 1. The van der Waals surface area contributed by atoms with Gasteiger partial charge in [0.1, 0.15) is 34.9 Å². The van der Waals surface area contributed by atoms with Crippen molar-refractivity contribution in [2.45, 2.75) is 123 Å². The molecule has 402 valence electrons. The van der Waals surface area contributed by atoms with Crippen LogP contribution in [0.4, 0.5) is 48.5 Å². The van der Waals surface area contributed by atoms with Gasteiger partial charge in [0.05, 0.1) is 34.1 Å². The summed E-state index contributed by atoms with van der Waals surface area (Å²) < 4.78 is 15.6. The number of halogens is 1. The van der Waals surface area contributed by atoms with E-state index in [0.29, 0.717) is 36.9 Å². The van der Waals surface area contributed by atoms with Gasteiger partial charge in [0, 0.05) is 52.7 Å². The van der Waals surface area contributed by atoms with Crippen LogP contribution in [0.1, 0.15) is 88.0 Å². The number of hydrogen-bond donors (Lipinski definition) is 6. The van der Waals surface area contributed by atoms with E-state index in [1.165, 1.54) is 18.2 Å². The van der Waals surface area contributed by atoms with Gasteiger partial charge in [-0.25, -0.2) is 19.2 Å². The Labute approximate surface area is 439 Å². The van der Waals surface area contributed by atoms with Crippen molar-refractivity contribution in [1.82, 2.24) is 16.0 Å². The number of carbonyl (C=O) groups is 6. The first-order valence-corrected chi connectivity index (χ1v) is 25.7. The van der Waals surface area contributed by atoms with Crippen LogP contribution in [-0.4, -0.2) is 129 Å². The maximum absolute atomic E-state index is 13.1. The van der Waals surface area contributed by atoms with Crippen molar-refractivity contribution in [2.75, 3.05) is 83.3 Å². The number of para-hydroxylation sites is 6. The number of hydrogen-bond acceptors (Lipinski definition) is 13. The highest BCUT2D eigenvalue weighted by atomic mass is 79.9. The molecule has 0 spiro atoms. The molecule has 0 bridgehead atoms. The molecule has 2 aliphatic heterocycles. The van der Waals surface area contributed by atoms with Crippen molar-refractivity contribution >= 4 is 86.1 Å². The van der Waals surface area contributed by atoms with E-state index in [1.54, 1.807) is 77.8 Å². The number of benzene rings is 3. The number of nitrogens with one attached hydrogen (secondary N) is 4. The summed E-state index contributed by atoms with van der Waals surface area (Å²) in [5.74, 6) is 0.136. The van der Waals surface area contributed by atoms with E-state index in [9.17, 15) is 33.9 Å². The Kier molecular flexibility index (Phi) is 21.0. The molecular formula is C53H78BrN9O10. The summed E-state index contributed by atoms with van der Waals surface area (Å²) in [4.78, 5) is 79.9. The van der Waals surface area contributed by atoms with Gasteiger partial charge >= 0.3 is 24.2 Å². The topological polar surface area (TPSA) is 237 Å². The van der Waals surface area contributed by atoms with Gasteiger partial charge in [-0.2, -0.15) is 0 Å². The first-order chi connectivity index (χ1) is 34.0. The number of likely N-dealkylation sites (N-methyl/N-ethyl adjacent to an activating group) is 3. The molecule has 3 aromatic carbocycles. The van der Waals surface area contributed by atoms with E-state index in [4.69, 9.17) is 19.9 Å². The molecule has 7 N–H and O–H groups in total. The largest absolute Gasteiger partial charge is 0.480 e. The average molecular weight is 1080 g/mol. The standard InChI is InChI=1S/C19H27N3O3.C15H23N3O4.C15H21N3O3.C4H7Br/c1-19(2,3)25-18(24)20-14-12-21(4)15-7-5-6-8-16(15)22(17(14)23)11-13-9-10-13;1-15(2,3)22-14(21)17-11(13(19)20)9-18(4)12-8-6-5-7-10(12)16;1-15(2,3)21-14(20)17-11-9-18(4)12-8-6-5-7-10(12)16-13(11)19;5-3-4-1-2-4/h5-8,13-14H,9-12H2,1-4H3,(H,20,24);5-8,11H,9,16H2,1-4H3,(H,17,21)(H,19,20);5-8,11H,9H2,1-4H3,(H,16,19)(H,17,20);4H,1-3H2/t14-;2*11-;/m111./s1. The molecule has 4 aliphatic rings. The Morgan fingerprint density at radius 1 is 0.712 bits per heavy atom. The molecule has 2 aliphatic carbocycles. The summed E-state index contributed by atoms with van der Waals surface area (Å²) in [7, 11) is 5.53. The van der Waals surface area contributed by atoms with Crippen LogP contribution in [0.15, 0.2) is 72.8 Å². The Bertz CT molecular complexity index is 2360. The van der Waals surface area contributed by atoms with Crippen molar-refractivity contribution in [2.24, 2.45) is 11.8 Å². The Hall–Kier alpha value is -6.44. The van der Waals surface area contributed by atoms with Gasteiger partial charge in [0.2, 0.25) is 5.91 Å². The van der Waals surface area contributed by atoms with Crippen molar-refractivity contribution in [3.63, 3.8) is 0 Å². The number of nitrogens with zero attached hydrogens (tertiary/aromatic N) is 4. The van der Waals surface area contributed by atoms with Gasteiger partial charge in [-0.1, -0.05) is 52.3 Å². The second-order valence-corrected chi connectivity index (χ2v) is 22.3. The Balaban J connectivity index is 0.000000227. The minimum Gasteiger partial charge on any atom is -0.480 e. The highest BCUT2D eigenvalue weighted by Gasteiger charge is 2.37. The van der Waals surface area contributed by atoms with Gasteiger partial charge in [0.25, 0.3) is 5.91 Å². The second-order valence-electron chi connectivity index (χ2n) is 21.6. The fourth-order valence-corrected chi connectivity index (χ4v) is 7.99. The number of fused-ring (bicyclic) bond motifs is 2. The molecule has 5 amide bonds. The molecule has 20 heteroatoms. The molecule has 19 nitrogen and oxygen atoms in total. The third kappa shape index (κ3) is 20.5. The first kappa shape index (κ1) is 59.1. The highest BCUT2D eigenvalue weighted by molar-refractivity contribution is 9.09. The molecule has 2 saturated carbocycles. The van der Waals surface area contributed by atoms with Crippen LogP contribution in [0.2, 0.25) is 0 Å². The van der Waals surface area contributed by atoms with Crippen LogP contribution in [0.25, 0.3) is 0 Å². The van der Waals surface area contributed by atoms with Gasteiger partial charge < -0.3 is 65.9 Å². The molecule has 0 unspecified atom stereocenters. The number of amides is 5. The van der Waals surface area contributed by atoms with Crippen molar-refractivity contribution in [1.29, 1.82) is 0 Å². The van der Waals surface area contributed by atoms with Crippen molar-refractivity contribution in [3.8, 4) is 0 Å². The zero-order valence-corrected chi connectivity index (χ0v) is 46.1. The van der Waals surface area contributed by atoms with Gasteiger partial charge in [-0.15, -0.1) is 0 Å². The lowest BCUT2D eigenvalue weighted by atomic mass is 10.2. The quantitative estimate of drug-likeness (QED) is 0.0638. The molecule has 0 radical (unpaired) electrons. The van der Waals surface area contributed by atoms with E-state index in [1.807, 2.05) is 98.1 Å². The predicted molar refractivity (Wildman–Crippen MR) is 291 cm³/mol. The lowest BCUT2D eigenvalue weighted by molar-refractivity contribution is -0.139. The number of carboxylic acid groups (broad SMARTS) is 1. The first-order valence-electron chi connectivity index (χ1n) is 24.6. The predicted octanol–water partition coefficient (Wildman–Crippen LogP) is 8.22. The zero-order valence-electron chi connectivity index (χ0n) is 44.5. The van der Waals surface area contributed by atoms with E-state index in [0.717, 1.165) is 41.5 Å². The van der Waals surface area contributed by atoms with Crippen LogP contribution in [0, 0.1) is 11.8 Å². The van der Waals surface area contributed by atoms with Crippen LogP contribution >= 0.6 is 15.9 Å². The monoisotopic (exact) mass is 1080 g/mol. The maximum atomic E-state index is 13.1. The second kappa shape index (κ2) is 26.0. The SMILES string of the molecule is BrCC1CC1.CN(C[C@@H](NC(=O)OC(C)(C)C)C(=O)O)c1ccccc1N.CN1C[C@@H](NC(=O)OC(C)(C)C)C(=O)N(CC2CC2)c2ccccc21.CN1C[C@@H](NC(=O)OC(C)(C)C)C(=O)Nc2ccccc21. The number of nitrogen functional groups attached to an aromatic ring is 1. The minimum absolute atomic E-state index is 0.0583. The number of ether oxygens (including phenoxy) is 3. The molecular weight excluding hydrogens is 1000 g/mol. The van der Waals surface area contributed by atoms with Crippen LogP contribution in [0.3, 0.4) is 0 Å². The summed E-state index contributed by atoms with van der Waals surface area (Å²) in [5.41, 5.74) is 8.77. The molecule has 2 heterocycles. The van der Waals surface area contributed by atoms with Crippen molar-refractivity contribution < 1.29 is 48.1 Å². The van der Waals surface area contributed by atoms with Crippen LogP contribution in [0.5, 0.6) is 0 Å². The molecule has 0 saturated heterocycles. The minimum atomic E-state index is -1.15. The van der Waals surface area contributed by atoms with Crippen LogP contribution in [-0.2, 0) is 28.6 Å². The Morgan fingerprint density at radius 2 is 1.18 bits per heavy atom. The van der Waals surface area contributed by atoms with E-state index < -0.39 is 59.2 Å². The number of anilines is 6. The number of nitrogens with two attached hydrogens (primary N) is 1. The smallest absolute Gasteiger partial charge is 0.408 e. The third-order valence-corrected chi connectivity index (χ3v) is 12.1. The van der Waals surface area contributed by atoms with E-state index >= 15 is 0 Å². The molecule has 3 atom stereocenters. The summed E-state index contributed by atoms with van der Waals surface area (Å²) in [6, 6.07) is 20.1. The van der Waals surface area contributed by atoms with E-state index in [-0.39, 0.29) is 18.4 Å². The fraction of sp³-hybridized carbons (Fsp3) is 0.547. The normalized spacial score (nSPS) is 17.7. The summed E-state index contributed by atoms with van der Waals surface area (Å²) >= 11 is 3.38. The molecule has 7 rings (SSSR count). The number of aliphatic carboxylic acids is 1. The molecule has 3 aromatic rings. The van der Waals surface area contributed by atoms with Crippen LogP contribution < -0.4 is 46.6 Å². The summed E-state index contributed by atoms with van der Waals surface area (Å²) in [5, 5.41) is 21.0. The molecule has 2 fully saturated rings. The highest BCUT2D eigenvalue weighted by Crippen LogP contribution is 2.37. The Morgan fingerprint density at radius 3 is 1.68 bits per heavy atom. The maximum Gasteiger partial charge on any atom is 0.408 e. The lowest BCUT2D eigenvalue weighted by Gasteiger charge is -2.26. The van der Waals surface area contributed by atoms with E-state index in [2.05, 4.69) is 37.2 Å². The zero-order chi connectivity index (χ0) is 54.4.